The van der Waals surface area contributed by atoms with Gasteiger partial charge in [-0.15, -0.1) is 0 Å². The number of amides is 2. The van der Waals surface area contributed by atoms with E-state index in [1.165, 1.54) is 54.4 Å². The molecule has 0 saturated heterocycles. The lowest BCUT2D eigenvalue weighted by atomic mass is 9.95. The molecule has 4 aromatic carbocycles. The molecule has 2 amide bonds. The standard InChI is InChI=1S/C36H41N3O2/c1-41-35-22-20-34(21-23-35)38-36(40)39(25-24-28-8-4-2-5-9-28)27-30-14-18-32(19-15-30)31-16-12-29(13-17-31)26-37-33-10-6-3-7-11-33/h2,4-5,8-9,12-23,33,37H,3,6-7,10-11,24-27H2,1H3,(H,38,40). The topological polar surface area (TPSA) is 53.6 Å². The van der Waals surface area contributed by atoms with E-state index in [2.05, 4.69) is 71.3 Å². The van der Waals surface area contributed by atoms with E-state index in [0.29, 0.717) is 19.1 Å². The number of hydrogen-bond donors (Lipinski definition) is 2. The van der Waals surface area contributed by atoms with Gasteiger partial charge in [0.15, 0.2) is 0 Å². The van der Waals surface area contributed by atoms with E-state index in [-0.39, 0.29) is 6.03 Å². The predicted octanol–water partition coefficient (Wildman–Crippen LogP) is 8.06. The second-order valence-electron chi connectivity index (χ2n) is 10.9. The number of methoxy groups -OCH3 is 1. The van der Waals surface area contributed by atoms with Crippen LogP contribution in [0.1, 0.15) is 48.8 Å². The fraction of sp³-hybridized carbons (Fsp3) is 0.306. The Labute approximate surface area is 244 Å². The van der Waals surface area contributed by atoms with Gasteiger partial charge in [0.2, 0.25) is 0 Å². The van der Waals surface area contributed by atoms with Crippen molar-refractivity contribution in [2.45, 2.75) is 57.7 Å². The molecule has 5 nitrogen and oxygen atoms in total. The first-order chi connectivity index (χ1) is 20.2. The molecule has 1 aliphatic carbocycles. The van der Waals surface area contributed by atoms with E-state index < -0.39 is 0 Å². The summed E-state index contributed by atoms with van der Waals surface area (Å²) in [5.74, 6) is 0.759. The van der Waals surface area contributed by atoms with Gasteiger partial charge in [-0.2, -0.15) is 0 Å². The Hall–Kier alpha value is -4.09. The number of carbonyl (C=O) groups excluding carboxylic acids is 1. The number of hydrogen-bond acceptors (Lipinski definition) is 3. The number of rotatable bonds is 11. The SMILES string of the molecule is COc1ccc(NC(=O)N(CCc2ccccc2)Cc2ccc(-c3ccc(CNC4CCCCC4)cc3)cc2)cc1. The van der Waals surface area contributed by atoms with Gasteiger partial charge < -0.3 is 20.3 Å². The number of carbonyl (C=O) groups is 1. The van der Waals surface area contributed by atoms with Gasteiger partial charge in [-0.05, 0) is 71.3 Å². The van der Waals surface area contributed by atoms with Crippen LogP contribution < -0.4 is 15.4 Å². The highest BCUT2D eigenvalue weighted by atomic mass is 16.5. The van der Waals surface area contributed by atoms with Crippen LogP contribution in [-0.4, -0.2) is 30.6 Å². The van der Waals surface area contributed by atoms with Crippen molar-refractivity contribution in [3.8, 4) is 16.9 Å². The Bertz CT molecular complexity index is 1350. The summed E-state index contributed by atoms with van der Waals surface area (Å²) in [5, 5.41) is 6.78. The van der Waals surface area contributed by atoms with Crippen LogP contribution in [0, 0.1) is 0 Å². The zero-order valence-corrected chi connectivity index (χ0v) is 24.0. The Balaban J connectivity index is 1.21. The Morgan fingerprint density at radius 3 is 2.02 bits per heavy atom. The van der Waals surface area contributed by atoms with Crippen molar-refractivity contribution in [3.63, 3.8) is 0 Å². The molecule has 1 fully saturated rings. The zero-order chi connectivity index (χ0) is 28.3. The van der Waals surface area contributed by atoms with Gasteiger partial charge in [0.1, 0.15) is 5.75 Å². The predicted molar refractivity (Wildman–Crippen MR) is 168 cm³/mol. The monoisotopic (exact) mass is 547 g/mol. The maximum absolute atomic E-state index is 13.3. The zero-order valence-electron chi connectivity index (χ0n) is 24.0. The lowest BCUT2D eigenvalue weighted by Gasteiger charge is -2.24. The second-order valence-corrected chi connectivity index (χ2v) is 10.9. The molecular weight excluding hydrogens is 506 g/mol. The van der Waals surface area contributed by atoms with Crippen LogP contribution in [0.2, 0.25) is 0 Å². The number of nitrogens with one attached hydrogen (secondary N) is 2. The van der Waals surface area contributed by atoms with Crippen molar-refractivity contribution in [2.24, 2.45) is 0 Å². The largest absolute Gasteiger partial charge is 0.497 e. The van der Waals surface area contributed by atoms with Crippen LogP contribution >= 0.6 is 0 Å². The van der Waals surface area contributed by atoms with E-state index in [9.17, 15) is 4.79 Å². The third-order valence-corrected chi connectivity index (χ3v) is 7.96. The van der Waals surface area contributed by atoms with E-state index in [0.717, 1.165) is 30.0 Å². The van der Waals surface area contributed by atoms with Gasteiger partial charge in [-0.3, -0.25) is 0 Å². The molecule has 0 atom stereocenters. The van der Waals surface area contributed by atoms with Gasteiger partial charge in [0.05, 0.1) is 7.11 Å². The van der Waals surface area contributed by atoms with Crippen LogP contribution in [0.25, 0.3) is 11.1 Å². The van der Waals surface area contributed by atoms with Crippen LogP contribution in [0.5, 0.6) is 5.75 Å². The minimum Gasteiger partial charge on any atom is -0.497 e. The molecular formula is C36H41N3O2. The average molecular weight is 548 g/mol. The summed E-state index contributed by atoms with van der Waals surface area (Å²) in [6.07, 6.45) is 7.48. The van der Waals surface area contributed by atoms with Crippen molar-refractivity contribution in [1.82, 2.24) is 10.2 Å². The fourth-order valence-corrected chi connectivity index (χ4v) is 5.44. The number of anilines is 1. The van der Waals surface area contributed by atoms with Gasteiger partial charge in [0, 0.05) is 31.4 Å². The molecule has 0 spiro atoms. The highest BCUT2D eigenvalue weighted by Gasteiger charge is 2.15. The number of benzene rings is 4. The van der Waals surface area contributed by atoms with E-state index >= 15 is 0 Å². The molecule has 0 heterocycles. The molecule has 0 unspecified atom stereocenters. The minimum atomic E-state index is -0.118. The van der Waals surface area contributed by atoms with Crippen molar-refractivity contribution in [1.29, 1.82) is 0 Å². The smallest absolute Gasteiger partial charge is 0.322 e. The molecule has 1 aliphatic rings. The first-order valence-electron chi connectivity index (χ1n) is 14.8. The minimum absolute atomic E-state index is 0.118. The van der Waals surface area contributed by atoms with Crippen molar-refractivity contribution in [3.05, 3.63) is 120 Å². The first-order valence-corrected chi connectivity index (χ1v) is 14.8. The molecule has 0 radical (unpaired) electrons. The summed E-state index contributed by atoms with van der Waals surface area (Å²) in [5.41, 5.74) is 6.76. The Morgan fingerprint density at radius 1 is 0.756 bits per heavy atom. The third kappa shape index (κ3) is 8.45. The molecule has 0 aromatic heterocycles. The van der Waals surface area contributed by atoms with Gasteiger partial charge in [-0.1, -0.05) is 98.1 Å². The fourth-order valence-electron chi connectivity index (χ4n) is 5.44. The van der Waals surface area contributed by atoms with E-state index in [1.54, 1.807) is 7.11 Å². The molecule has 212 valence electrons. The molecule has 1 saturated carbocycles. The maximum Gasteiger partial charge on any atom is 0.322 e. The van der Waals surface area contributed by atoms with Gasteiger partial charge >= 0.3 is 6.03 Å². The quantitative estimate of drug-likeness (QED) is 0.200. The van der Waals surface area contributed by atoms with E-state index in [1.807, 2.05) is 47.4 Å². The van der Waals surface area contributed by atoms with Crippen LogP contribution in [0.3, 0.4) is 0 Å². The molecule has 0 bridgehead atoms. The van der Waals surface area contributed by atoms with Gasteiger partial charge in [0.25, 0.3) is 0 Å². The molecule has 5 rings (SSSR count). The molecule has 5 heteroatoms. The lowest BCUT2D eigenvalue weighted by molar-refractivity contribution is 0.210. The summed E-state index contributed by atoms with van der Waals surface area (Å²) in [6.45, 7) is 2.08. The first kappa shape index (κ1) is 28.4. The Kier molecular flexibility index (Phi) is 10.1. The second kappa shape index (κ2) is 14.5. The summed E-state index contributed by atoms with van der Waals surface area (Å²) < 4.78 is 5.24. The lowest BCUT2D eigenvalue weighted by Crippen LogP contribution is -2.36. The summed E-state index contributed by atoms with van der Waals surface area (Å²) in [4.78, 5) is 15.2. The van der Waals surface area contributed by atoms with Crippen molar-refractivity contribution < 1.29 is 9.53 Å². The number of nitrogens with zero attached hydrogens (tertiary/aromatic N) is 1. The maximum atomic E-state index is 13.3. The van der Waals surface area contributed by atoms with Crippen LogP contribution in [0.15, 0.2) is 103 Å². The van der Waals surface area contributed by atoms with Crippen LogP contribution in [-0.2, 0) is 19.5 Å². The van der Waals surface area contributed by atoms with E-state index in [4.69, 9.17) is 4.74 Å². The highest BCUT2D eigenvalue weighted by Crippen LogP contribution is 2.23. The van der Waals surface area contributed by atoms with Crippen molar-refractivity contribution >= 4 is 11.7 Å². The highest BCUT2D eigenvalue weighted by molar-refractivity contribution is 5.89. The van der Waals surface area contributed by atoms with Crippen LogP contribution in [0.4, 0.5) is 10.5 Å². The summed E-state index contributed by atoms with van der Waals surface area (Å²) >= 11 is 0. The Morgan fingerprint density at radius 2 is 1.39 bits per heavy atom. The molecule has 2 N–H and O–H groups in total. The number of urea groups is 1. The molecule has 4 aromatic rings. The third-order valence-electron chi connectivity index (χ3n) is 7.96. The summed E-state index contributed by atoms with van der Waals surface area (Å²) in [6, 6.07) is 35.7. The normalized spacial score (nSPS) is 13.5. The summed E-state index contributed by atoms with van der Waals surface area (Å²) in [7, 11) is 1.63. The molecule has 41 heavy (non-hydrogen) atoms. The van der Waals surface area contributed by atoms with Gasteiger partial charge in [-0.25, -0.2) is 4.79 Å². The molecule has 0 aliphatic heterocycles. The number of ether oxygens (including phenoxy) is 1. The average Bonchev–Trinajstić information content (AvgIpc) is 3.04. The van der Waals surface area contributed by atoms with Crippen molar-refractivity contribution in [2.75, 3.05) is 19.0 Å².